The third kappa shape index (κ3) is 4.67. The number of oxime groups is 1. The molecule has 0 radical (unpaired) electrons. The Bertz CT molecular complexity index is 847. The Labute approximate surface area is 153 Å². The molecule has 3 rings (SSSR count). The van der Waals surface area contributed by atoms with Crippen molar-refractivity contribution < 1.29 is 14.0 Å². The minimum Gasteiger partial charge on any atom is -0.494 e. The molecular weight excluding hydrogens is 386 g/mol. The molecule has 0 aliphatic rings. The highest BCUT2D eigenvalue weighted by atomic mass is 79.9. The van der Waals surface area contributed by atoms with Crippen molar-refractivity contribution in [3.8, 4) is 17.2 Å². The number of aromatic nitrogens is 2. The quantitative estimate of drug-likeness (QED) is 0.432. The largest absolute Gasteiger partial charge is 0.494 e. The second kappa shape index (κ2) is 8.43. The molecule has 0 amide bonds. The van der Waals surface area contributed by atoms with Crippen LogP contribution in [0.15, 0.2) is 62.6 Å². The first kappa shape index (κ1) is 17.2. The molecule has 25 heavy (non-hydrogen) atoms. The molecule has 2 aromatic carbocycles. The molecular formula is C18H16BrN3O3. The zero-order valence-electron chi connectivity index (χ0n) is 13.6. The molecule has 3 aromatic rings. The highest BCUT2D eigenvalue weighted by Crippen LogP contribution is 2.26. The summed E-state index contributed by atoms with van der Waals surface area (Å²) in [7, 11) is 0. The van der Waals surface area contributed by atoms with Crippen molar-refractivity contribution in [2.45, 2.75) is 13.5 Å². The molecule has 0 fully saturated rings. The van der Waals surface area contributed by atoms with Gasteiger partial charge in [-0.05, 0) is 64.8 Å². The van der Waals surface area contributed by atoms with Gasteiger partial charge in [-0.2, -0.15) is 0 Å². The lowest BCUT2D eigenvalue weighted by atomic mass is 10.2. The number of nitrogens with zero attached hydrogens (tertiary/aromatic N) is 3. The van der Waals surface area contributed by atoms with Gasteiger partial charge in [0.25, 0.3) is 5.89 Å². The average molecular weight is 402 g/mol. The van der Waals surface area contributed by atoms with E-state index in [2.05, 4.69) is 31.3 Å². The molecule has 1 heterocycles. The first-order chi connectivity index (χ1) is 12.3. The van der Waals surface area contributed by atoms with Gasteiger partial charge >= 0.3 is 0 Å². The predicted molar refractivity (Wildman–Crippen MR) is 97.4 cm³/mol. The SMILES string of the molecule is CCOc1ccc(/C=N\OCc2nnc(-c3ccccc3Br)o2)cc1. The van der Waals surface area contributed by atoms with Crippen molar-refractivity contribution in [1.29, 1.82) is 0 Å². The van der Waals surface area contributed by atoms with Crippen LogP contribution in [0, 0.1) is 0 Å². The van der Waals surface area contributed by atoms with Crippen molar-refractivity contribution >= 4 is 22.1 Å². The van der Waals surface area contributed by atoms with Crippen molar-refractivity contribution in [2.75, 3.05) is 6.61 Å². The van der Waals surface area contributed by atoms with Crippen LogP contribution in [-0.4, -0.2) is 23.0 Å². The average Bonchev–Trinajstić information content (AvgIpc) is 3.09. The Hall–Kier alpha value is -2.67. The van der Waals surface area contributed by atoms with Gasteiger partial charge in [0.05, 0.1) is 18.4 Å². The summed E-state index contributed by atoms with van der Waals surface area (Å²) in [4.78, 5) is 5.21. The van der Waals surface area contributed by atoms with Gasteiger partial charge in [0.1, 0.15) is 5.75 Å². The van der Waals surface area contributed by atoms with E-state index < -0.39 is 0 Å². The number of rotatable bonds is 7. The number of benzene rings is 2. The molecule has 6 nitrogen and oxygen atoms in total. The number of halogens is 1. The summed E-state index contributed by atoms with van der Waals surface area (Å²) >= 11 is 3.46. The van der Waals surface area contributed by atoms with Gasteiger partial charge in [0.15, 0.2) is 6.61 Å². The molecule has 0 N–H and O–H groups in total. The van der Waals surface area contributed by atoms with Crippen LogP contribution in [-0.2, 0) is 11.4 Å². The Morgan fingerprint density at radius 2 is 1.92 bits per heavy atom. The first-order valence-corrected chi connectivity index (χ1v) is 8.51. The molecule has 0 saturated carbocycles. The lowest BCUT2D eigenvalue weighted by molar-refractivity contribution is 0.112. The van der Waals surface area contributed by atoms with Crippen molar-refractivity contribution in [2.24, 2.45) is 5.16 Å². The van der Waals surface area contributed by atoms with Crippen LogP contribution in [0.3, 0.4) is 0 Å². The van der Waals surface area contributed by atoms with E-state index in [9.17, 15) is 0 Å². The maximum atomic E-state index is 5.58. The number of hydrogen-bond donors (Lipinski definition) is 0. The summed E-state index contributed by atoms with van der Waals surface area (Å²) in [5.74, 6) is 1.61. The molecule has 0 unspecified atom stereocenters. The van der Waals surface area contributed by atoms with Crippen LogP contribution >= 0.6 is 15.9 Å². The lowest BCUT2D eigenvalue weighted by Crippen LogP contribution is -1.92. The minimum absolute atomic E-state index is 0.102. The van der Waals surface area contributed by atoms with Crippen LogP contribution in [0.2, 0.25) is 0 Å². The summed E-state index contributed by atoms with van der Waals surface area (Å²) in [5.41, 5.74) is 1.74. The third-order valence-corrected chi connectivity index (χ3v) is 3.92. The zero-order chi connectivity index (χ0) is 17.5. The Morgan fingerprint density at radius 1 is 1.12 bits per heavy atom. The Kier molecular flexibility index (Phi) is 5.79. The minimum atomic E-state index is 0.102. The zero-order valence-corrected chi connectivity index (χ0v) is 15.1. The molecule has 0 spiro atoms. The van der Waals surface area contributed by atoms with E-state index in [4.69, 9.17) is 14.0 Å². The van der Waals surface area contributed by atoms with E-state index in [1.54, 1.807) is 6.21 Å². The fourth-order valence-corrected chi connectivity index (χ4v) is 2.52. The fraction of sp³-hybridized carbons (Fsp3) is 0.167. The molecule has 0 atom stereocenters. The number of ether oxygens (including phenoxy) is 1. The van der Waals surface area contributed by atoms with Crippen molar-refractivity contribution in [3.05, 3.63) is 64.5 Å². The van der Waals surface area contributed by atoms with Gasteiger partial charge in [0.2, 0.25) is 5.89 Å². The van der Waals surface area contributed by atoms with E-state index in [1.165, 1.54) is 0 Å². The maximum absolute atomic E-state index is 5.58. The van der Waals surface area contributed by atoms with Gasteiger partial charge in [-0.25, -0.2) is 0 Å². The van der Waals surface area contributed by atoms with Crippen LogP contribution in [0.1, 0.15) is 18.4 Å². The van der Waals surface area contributed by atoms with Gasteiger partial charge in [-0.3, -0.25) is 0 Å². The second-order valence-corrected chi connectivity index (χ2v) is 5.85. The van der Waals surface area contributed by atoms with E-state index in [-0.39, 0.29) is 6.61 Å². The first-order valence-electron chi connectivity index (χ1n) is 7.71. The van der Waals surface area contributed by atoms with Gasteiger partial charge in [-0.1, -0.05) is 17.3 Å². The van der Waals surface area contributed by atoms with Gasteiger partial charge in [0, 0.05) is 4.47 Å². The second-order valence-electron chi connectivity index (χ2n) is 4.99. The molecule has 0 bridgehead atoms. The molecule has 128 valence electrons. The molecule has 0 aliphatic carbocycles. The van der Waals surface area contributed by atoms with Crippen LogP contribution in [0.25, 0.3) is 11.5 Å². The predicted octanol–water partition coefficient (Wildman–Crippen LogP) is 4.45. The van der Waals surface area contributed by atoms with Crippen LogP contribution < -0.4 is 4.74 Å². The molecule has 0 saturated heterocycles. The van der Waals surface area contributed by atoms with E-state index in [0.717, 1.165) is 21.3 Å². The van der Waals surface area contributed by atoms with E-state index >= 15 is 0 Å². The van der Waals surface area contributed by atoms with Crippen molar-refractivity contribution in [3.63, 3.8) is 0 Å². The monoisotopic (exact) mass is 401 g/mol. The van der Waals surface area contributed by atoms with Crippen LogP contribution in [0.5, 0.6) is 5.75 Å². The highest BCUT2D eigenvalue weighted by molar-refractivity contribution is 9.10. The number of hydrogen-bond acceptors (Lipinski definition) is 6. The maximum Gasteiger partial charge on any atom is 0.257 e. The Morgan fingerprint density at radius 3 is 2.68 bits per heavy atom. The summed E-state index contributed by atoms with van der Waals surface area (Å²) in [6.45, 7) is 2.69. The summed E-state index contributed by atoms with van der Waals surface area (Å²) in [6.07, 6.45) is 1.61. The van der Waals surface area contributed by atoms with Gasteiger partial charge in [-0.15, -0.1) is 10.2 Å². The normalized spacial score (nSPS) is 11.0. The van der Waals surface area contributed by atoms with Gasteiger partial charge < -0.3 is 14.0 Å². The molecule has 1 aromatic heterocycles. The van der Waals surface area contributed by atoms with E-state index in [1.807, 2.05) is 55.5 Å². The van der Waals surface area contributed by atoms with Crippen molar-refractivity contribution in [1.82, 2.24) is 10.2 Å². The highest BCUT2D eigenvalue weighted by Gasteiger charge is 2.11. The fourth-order valence-electron chi connectivity index (χ4n) is 2.06. The Balaban J connectivity index is 1.55. The smallest absolute Gasteiger partial charge is 0.257 e. The topological polar surface area (TPSA) is 69.7 Å². The summed E-state index contributed by atoms with van der Waals surface area (Å²) < 4.78 is 11.9. The summed E-state index contributed by atoms with van der Waals surface area (Å²) in [5, 5.41) is 11.9. The lowest BCUT2D eigenvalue weighted by Gasteiger charge is -2.01. The van der Waals surface area contributed by atoms with Crippen LogP contribution in [0.4, 0.5) is 0 Å². The third-order valence-electron chi connectivity index (χ3n) is 3.23. The van der Waals surface area contributed by atoms with E-state index in [0.29, 0.717) is 18.4 Å². The molecule has 7 heteroatoms. The summed E-state index contributed by atoms with van der Waals surface area (Å²) in [6, 6.07) is 15.2. The molecule has 0 aliphatic heterocycles. The standard InChI is InChI=1S/C18H16BrN3O3/c1-2-23-14-9-7-13(8-10-14)11-20-24-12-17-21-22-18(25-17)15-5-3-4-6-16(15)19/h3-11H,2,12H2,1H3/b20-11-.